The summed E-state index contributed by atoms with van der Waals surface area (Å²) in [5.41, 5.74) is 12.4. The number of aliphatic carboxylic acids is 2. The summed E-state index contributed by atoms with van der Waals surface area (Å²) < 4.78 is 0. The Kier molecular flexibility index (Phi) is 2.08. The molecule has 0 amide bonds. The summed E-state index contributed by atoms with van der Waals surface area (Å²) in [6, 6.07) is -0.628. The molecule has 0 radical (unpaired) electrons. The van der Waals surface area contributed by atoms with Crippen molar-refractivity contribution < 1.29 is 19.8 Å². The lowest BCUT2D eigenvalue weighted by atomic mass is 9.90. The number of carboxylic acid groups (broad SMARTS) is 2. The molecular weight excluding hydrogens is 216 g/mol. The van der Waals surface area contributed by atoms with Gasteiger partial charge >= 0.3 is 11.9 Å². The van der Waals surface area contributed by atoms with Gasteiger partial charge in [-0.3, -0.25) is 9.59 Å². The lowest BCUT2D eigenvalue weighted by Crippen LogP contribution is -2.50. The maximum Gasteiger partial charge on any atom is 0.324 e. The highest BCUT2D eigenvalue weighted by atomic mass is 16.4. The Morgan fingerprint density at radius 1 is 1.50 bits per heavy atom. The predicted molar refractivity (Wildman–Crippen MR) is 50.2 cm³/mol. The molecule has 2 saturated carbocycles. The Balaban J connectivity index is 2.32. The number of fused-ring (bicyclic) bond motifs is 1. The molecule has 5 atom stereocenters. The first-order valence-electron chi connectivity index (χ1n) is 4.72. The van der Waals surface area contributed by atoms with Gasteiger partial charge in [0.25, 0.3) is 0 Å². The molecule has 0 saturated heterocycles. The Bertz CT molecular complexity index is 418. The van der Waals surface area contributed by atoms with E-state index in [9.17, 15) is 9.59 Å². The van der Waals surface area contributed by atoms with E-state index in [1.54, 1.807) is 0 Å². The normalized spacial score (nSPS) is 44.3. The summed E-state index contributed by atoms with van der Waals surface area (Å²) in [6.07, 6.45) is 0.00546. The molecule has 0 spiro atoms. The molecule has 0 bridgehead atoms. The van der Waals surface area contributed by atoms with E-state index in [2.05, 4.69) is 10.0 Å². The Hall–Kier alpha value is -1.79. The van der Waals surface area contributed by atoms with Crippen LogP contribution in [0, 0.1) is 17.8 Å². The minimum Gasteiger partial charge on any atom is -0.481 e. The maximum absolute atomic E-state index is 11.0. The van der Waals surface area contributed by atoms with Gasteiger partial charge < -0.3 is 15.9 Å². The molecular formula is C8H10N4O4. The van der Waals surface area contributed by atoms with E-state index in [-0.39, 0.29) is 6.42 Å². The summed E-state index contributed by atoms with van der Waals surface area (Å²) in [5, 5.41) is 21.3. The molecule has 2 fully saturated rings. The first-order valence-corrected chi connectivity index (χ1v) is 4.72. The van der Waals surface area contributed by atoms with Crippen molar-refractivity contribution in [1.29, 1.82) is 0 Å². The molecule has 0 aromatic heterocycles. The third-order valence-electron chi connectivity index (χ3n) is 3.54. The second kappa shape index (κ2) is 3.10. The first-order chi connectivity index (χ1) is 7.43. The Morgan fingerprint density at radius 3 is 2.56 bits per heavy atom. The second-order valence-corrected chi connectivity index (χ2v) is 4.29. The van der Waals surface area contributed by atoms with Gasteiger partial charge in [-0.2, -0.15) is 0 Å². The fourth-order valence-corrected chi connectivity index (χ4v) is 2.83. The van der Waals surface area contributed by atoms with Crippen LogP contribution in [-0.2, 0) is 9.59 Å². The summed E-state index contributed by atoms with van der Waals surface area (Å²) in [4.78, 5) is 24.5. The van der Waals surface area contributed by atoms with Gasteiger partial charge in [0, 0.05) is 16.9 Å². The molecule has 2 aliphatic rings. The molecule has 86 valence electrons. The van der Waals surface area contributed by atoms with E-state index in [4.69, 9.17) is 21.5 Å². The van der Waals surface area contributed by atoms with Gasteiger partial charge in [-0.15, -0.1) is 0 Å². The van der Waals surface area contributed by atoms with Crippen LogP contribution in [0.1, 0.15) is 6.42 Å². The average Bonchev–Trinajstić information content (AvgIpc) is 2.85. The zero-order valence-electron chi connectivity index (χ0n) is 8.15. The van der Waals surface area contributed by atoms with E-state index in [1.165, 1.54) is 0 Å². The molecule has 8 heteroatoms. The van der Waals surface area contributed by atoms with Crippen LogP contribution in [0.15, 0.2) is 5.11 Å². The number of carbonyl (C=O) groups is 2. The fraction of sp³-hybridized carbons (Fsp3) is 0.750. The van der Waals surface area contributed by atoms with E-state index in [0.717, 1.165) is 0 Å². The number of rotatable bonds is 3. The van der Waals surface area contributed by atoms with Gasteiger partial charge in [0.05, 0.1) is 5.92 Å². The number of carboxylic acids is 2. The van der Waals surface area contributed by atoms with Gasteiger partial charge in [-0.25, -0.2) is 0 Å². The van der Waals surface area contributed by atoms with Crippen molar-refractivity contribution in [2.24, 2.45) is 28.6 Å². The standard InChI is InChI=1S/C8H10N4O4/c9-8(7(15)16)1-2(11-12-10)3-4(5(3)8)6(13)14/h2-5H,1,9H2,(H,13,14)(H,15,16)/t2-,3-,4-,5-,8-/m0/s1. The van der Waals surface area contributed by atoms with Crippen molar-refractivity contribution in [1.82, 2.24) is 0 Å². The lowest BCUT2D eigenvalue weighted by Gasteiger charge is -2.22. The largest absolute Gasteiger partial charge is 0.481 e. The van der Waals surface area contributed by atoms with Crippen LogP contribution in [0.3, 0.4) is 0 Å². The minimum absolute atomic E-state index is 0.00546. The van der Waals surface area contributed by atoms with Gasteiger partial charge in [-0.1, -0.05) is 5.11 Å². The summed E-state index contributed by atoms with van der Waals surface area (Å²) in [5.74, 6) is -4.18. The molecule has 4 N–H and O–H groups in total. The van der Waals surface area contributed by atoms with Crippen LogP contribution in [0.5, 0.6) is 0 Å². The molecule has 16 heavy (non-hydrogen) atoms. The molecule has 0 aliphatic heterocycles. The highest BCUT2D eigenvalue weighted by Crippen LogP contribution is 2.62. The molecule has 0 heterocycles. The van der Waals surface area contributed by atoms with Crippen LogP contribution < -0.4 is 5.73 Å². The third-order valence-corrected chi connectivity index (χ3v) is 3.54. The van der Waals surface area contributed by atoms with Gasteiger partial charge in [0.2, 0.25) is 0 Å². The maximum atomic E-state index is 11.0. The van der Waals surface area contributed by atoms with Gasteiger partial charge in [0.15, 0.2) is 0 Å². The van der Waals surface area contributed by atoms with Gasteiger partial charge in [-0.05, 0) is 17.9 Å². The quantitative estimate of drug-likeness (QED) is 0.346. The highest BCUT2D eigenvalue weighted by molar-refractivity contribution is 5.85. The lowest BCUT2D eigenvalue weighted by molar-refractivity contribution is -0.145. The van der Waals surface area contributed by atoms with Crippen LogP contribution in [0.25, 0.3) is 10.4 Å². The van der Waals surface area contributed by atoms with Crippen molar-refractivity contribution in [3.63, 3.8) is 0 Å². The summed E-state index contributed by atoms with van der Waals surface area (Å²) in [6.45, 7) is 0. The summed E-state index contributed by atoms with van der Waals surface area (Å²) in [7, 11) is 0. The highest BCUT2D eigenvalue weighted by Gasteiger charge is 2.73. The van der Waals surface area contributed by atoms with Crippen molar-refractivity contribution in [3.8, 4) is 0 Å². The monoisotopic (exact) mass is 226 g/mol. The Morgan fingerprint density at radius 2 is 2.12 bits per heavy atom. The SMILES string of the molecule is [N-]=[N+]=N[C@H]1C[C@@](N)(C(=O)O)[C@@H]2[C@@H](C(=O)O)[C@@H]21. The number of hydrogen-bond acceptors (Lipinski definition) is 4. The first kappa shape index (κ1) is 10.7. The van der Waals surface area contributed by atoms with E-state index >= 15 is 0 Å². The summed E-state index contributed by atoms with van der Waals surface area (Å²) >= 11 is 0. The molecule has 0 aromatic carbocycles. The zero-order chi connectivity index (χ0) is 12.1. The van der Waals surface area contributed by atoms with Crippen LogP contribution in [-0.4, -0.2) is 33.7 Å². The predicted octanol–water partition coefficient (Wildman–Crippen LogP) is -0.202. The fourth-order valence-electron chi connectivity index (χ4n) is 2.83. The van der Waals surface area contributed by atoms with Crippen molar-refractivity contribution in [2.45, 2.75) is 18.0 Å². The van der Waals surface area contributed by atoms with Crippen LogP contribution >= 0.6 is 0 Å². The van der Waals surface area contributed by atoms with Crippen molar-refractivity contribution in [2.75, 3.05) is 0 Å². The third kappa shape index (κ3) is 1.17. The molecule has 2 aliphatic carbocycles. The number of azide groups is 1. The van der Waals surface area contributed by atoms with Crippen molar-refractivity contribution >= 4 is 11.9 Å². The number of hydrogen-bond donors (Lipinski definition) is 3. The van der Waals surface area contributed by atoms with E-state index in [1.807, 2.05) is 0 Å². The molecule has 8 nitrogen and oxygen atoms in total. The zero-order valence-corrected chi connectivity index (χ0v) is 8.15. The van der Waals surface area contributed by atoms with E-state index < -0.39 is 41.3 Å². The smallest absolute Gasteiger partial charge is 0.324 e. The molecule has 0 aromatic rings. The minimum atomic E-state index is -1.58. The van der Waals surface area contributed by atoms with Crippen molar-refractivity contribution in [3.05, 3.63) is 10.4 Å². The number of nitrogens with two attached hydrogens (primary N) is 1. The second-order valence-electron chi connectivity index (χ2n) is 4.29. The topological polar surface area (TPSA) is 149 Å². The average molecular weight is 226 g/mol. The van der Waals surface area contributed by atoms with Crippen LogP contribution in [0.2, 0.25) is 0 Å². The van der Waals surface area contributed by atoms with E-state index in [0.29, 0.717) is 0 Å². The molecule has 2 rings (SSSR count). The molecule has 0 unspecified atom stereocenters. The van der Waals surface area contributed by atoms with Gasteiger partial charge in [0.1, 0.15) is 5.54 Å². The number of nitrogens with zero attached hydrogens (tertiary/aromatic N) is 3. The van der Waals surface area contributed by atoms with Crippen LogP contribution in [0.4, 0.5) is 0 Å². The Labute approximate surface area is 89.7 Å².